The molecule has 0 aromatic rings. The van der Waals surface area contributed by atoms with Crippen LogP contribution in [-0.4, -0.2) is 34.0 Å². The maximum Gasteiger partial charge on any atom is 0.302 e. The number of rotatable bonds is 14. The summed E-state index contributed by atoms with van der Waals surface area (Å²) >= 11 is 11.7. The summed E-state index contributed by atoms with van der Waals surface area (Å²) in [5.41, 5.74) is 0. The van der Waals surface area contributed by atoms with Crippen molar-refractivity contribution in [2.75, 3.05) is 6.61 Å². The zero-order valence-corrected chi connectivity index (χ0v) is 16.9. The fraction of sp³-hybridized carbons (Fsp3) is 0.933. The molecule has 0 spiro atoms. The molecule has 0 aliphatic rings. The van der Waals surface area contributed by atoms with E-state index in [0.29, 0.717) is 17.1 Å². The minimum atomic E-state index is -0.394. The molecule has 21 heavy (non-hydrogen) atoms. The summed E-state index contributed by atoms with van der Waals surface area (Å²) in [4.78, 5) is 10.2. The molecule has 126 valence electrons. The standard InChI is InChI=1S/C15H30Cl2O3Si/c1-13(18)19-12-10-8-6-4-2-3-5-7-9-11-14(20-21)15(16)17/h14-15H,2-12H2,1,21H3. The molecule has 0 amide bonds. The molecule has 6 heteroatoms. The van der Waals surface area contributed by atoms with E-state index < -0.39 is 4.84 Å². The monoisotopic (exact) mass is 356 g/mol. The lowest BCUT2D eigenvalue weighted by Crippen LogP contribution is -2.19. The topological polar surface area (TPSA) is 35.5 Å². The van der Waals surface area contributed by atoms with Gasteiger partial charge in [0, 0.05) is 6.92 Å². The average molecular weight is 357 g/mol. The fourth-order valence-electron chi connectivity index (χ4n) is 2.25. The summed E-state index contributed by atoms with van der Waals surface area (Å²) in [7, 11) is 0.693. The number of carbonyl (C=O) groups is 1. The molecule has 0 saturated carbocycles. The van der Waals surface area contributed by atoms with E-state index in [1.165, 1.54) is 45.4 Å². The van der Waals surface area contributed by atoms with Crippen molar-refractivity contribution in [3.05, 3.63) is 0 Å². The second-order valence-corrected chi connectivity index (χ2v) is 7.05. The molecule has 0 aliphatic carbocycles. The number of halogens is 2. The molecule has 0 aromatic carbocycles. The molecule has 0 radical (unpaired) electrons. The lowest BCUT2D eigenvalue weighted by molar-refractivity contribution is -0.141. The van der Waals surface area contributed by atoms with E-state index in [4.69, 9.17) is 32.4 Å². The summed E-state index contributed by atoms with van der Waals surface area (Å²) in [5.74, 6) is -0.178. The first-order valence-electron chi connectivity index (χ1n) is 8.02. The molecule has 1 atom stereocenters. The predicted molar refractivity (Wildman–Crippen MR) is 93.1 cm³/mol. The first-order valence-corrected chi connectivity index (χ1v) is 9.71. The van der Waals surface area contributed by atoms with Crippen LogP contribution < -0.4 is 0 Å². The van der Waals surface area contributed by atoms with Crippen molar-refractivity contribution in [1.82, 2.24) is 0 Å². The van der Waals surface area contributed by atoms with Crippen LogP contribution >= 0.6 is 23.2 Å². The quantitative estimate of drug-likeness (QED) is 0.205. The van der Waals surface area contributed by atoms with Gasteiger partial charge in [0.25, 0.3) is 0 Å². The number of hydrogen-bond donors (Lipinski definition) is 0. The normalized spacial score (nSPS) is 12.8. The summed E-state index contributed by atoms with van der Waals surface area (Å²) in [6.07, 6.45) is 11.9. The SMILES string of the molecule is CC(=O)OCCCCCCCCCCCC(O[SiH3])C(Cl)Cl. The van der Waals surface area contributed by atoms with Crippen molar-refractivity contribution in [3.63, 3.8) is 0 Å². The van der Waals surface area contributed by atoms with Crippen LogP contribution in [0.25, 0.3) is 0 Å². The van der Waals surface area contributed by atoms with E-state index >= 15 is 0 Å². The molecule has 3 nitrogen and oxygen atoms in total. The Morgan fingerprint density at radius 3 is 1.86 bits per heavy atom. The van der Waals surface area contributed by atoms with E-state index in [1.807, 2.05) is 0 Å². The van der Waals surface area contributed by atoms with Crippen LogP contribution in [0.2, 0.25) is 0 Å². The highest BCUT2D eigenvalue weighted by Gasteiger charge is 2.14. The molecule has 0 N–H and O–H groups in total. The lowest BCUT2D eigenvalue weighted by Gasteiger charge is -2.16. The molecular formula is C15H30Cl2O3Si. The van der Waals surface area contributed by atoms with Gasteiger partial charge in [-0.25, -0.2) is 0 Å². The lowest BCUT2D eigenvalue weighted by atomic mass is 10.1. The number of hydrogen-bond acceptors (Lipinski definition) is 3. The van der Waals surface area contributed by atoms with Gasteiger partial charge in [-0.1, -0.05) is 51.4 Å². The summed E-state index contributed by atoms with van der Waals surface area (Å²) in [6, 6.07) is 0. The van der Waals surface area contributed by atoms with Crippen LogP contribution in [0.15, 0.2) is 0 Å². The van der Waals surface area contributed by atoms with Crippen LogP contribution in [0.4, 0.5) is 0 Å². The number of esters is 1. The number of ether oxygens (including phenoxy) is 1. The molecular weight excluding hydrogens is 327 g/mol. The Morgan fingerprint density at radius 1 is 0.952 bits per heavy atom. The number of carbonyl (C=O) groups excluding carboxylic acids is 1. The Bertz CT molecular complexity index is 253. The molecule has 0 heterocycles. The van der Waals surface area contributed by atoms with Crippen LogP contribution in [0, 0.1) is 0 Å². The maximum atomic E-state index is 10.6. The highest BCUT2D eigenvalue weighted by Crippen LogP contribution is 2.18. The molecule has 0 bridgehead atoms. The van der Waals surface area contributed by atoms with Crippen molar-refractivity contribution < 1.29 is 14.0 Å². The van der Waals surface area contributed by atoms with Gasteiger partial charge in [-0.3, -0.25) is 4.79 Å². The van der Waals surface area contributed by atoms with Crippen LogP contribution in [0.5, 0.6) is 0 Å². The Kier molecular flexibility index (Phi) is 15.3. The van der Waals surface area contributed by atoms with E-state index in [2.05, 4.69) is 0 Å². The molecule has 1 unspecified atom stereocenters. The number of unbranched alkanes of at least 4 members (excludes halogenated alkanes) is 8. The van der Waals surface area contributed by atoms with E-state index in [1.54, 1.807) is 0 Å². The van der Waals surface area contributed by atoms with Crippen molar-refractivity contribution in [2.45, 2.75) is 82.1 Å². The van der Waals surface area contributed by atoms with Crippen LogP contribution in [0.1, 0.15) is 71.1 Å². The molecule has 0 rings (SSSR count). The zero-order chi connectivity index (χ0) is 15.9. The minimum Gasteiger partial charge on any atom is -0.466 e. The third-order valence-corrected chi connectivity index (χ3v) is 4.69. The van der Waals surface area contributed by atoms with E-state index in [0.717, 1.165) is 25.7 Å². The molecule has 0 saturated heterocycles. The first kappa shape index (κ1) is 21.2. The van der Waals surface area contributed by atoms with Gasteiger partial charge in [0.15, 0.2) is 0 Å². The van der Waals surface area contributed by atoms with Crippen LogP contribution in [-0.2, 0) is 14.0 Å². The Morgan fingerprint density at radius 2 is 1.43 bits per heavy atom. The predicted octanol–water partition coefficient (Wildman–Crippen LogP) is 3.92. The third kappa shape index (κ3) is 14.9. The Labute approximate surface area is 142 Å². The van der Waals surface area contributed by atoms with E-state index in [9.17, 15) is 4.79 Å². The van der Waals surface area contributed by atoms with Crippen molar-refractivity contribution in [2.24, 2.45) is 0 Å². The van der Waals surface area contributed by atoms with Gasteiger partial charge < -0.3 is 9.16 Å². The van der Waals surface area contributed by atoms with Crippen molar-refractivity contribution in [3.8, 4) is 0 Å². The first-order chi connectivity index (χ1) is 10.1. The Balaban J connectivity index is 3.17. The van der Waals surface area contributed by atoms with Gasteiger partial charge in [-0.2, -0.15) is 0 Å². The summed E-state index contributed by atoms with van der Waals surface area (Å²) in [6.45, 7) is 2.03. The Hall–Kier alpha value is 0.227. The third-order valence-electron chi connectivity index (χ3n) is 3.52. The van der Waals surface area contributed by atoms with Gasteiger partial charge in [0.2, 0.25) is 0 Å². The number of alkyl halides is 2. The second-order valence-electron chi connectivity index (χ2n) is 5.42. The second kappa shape index (κ2) is 15.1. The molecule has 0 aromatic heterocycles. The fourth-order valence-corrected chi connectivity index (χ4v) is 3.56. The average Bonchev–Trinajstić information content (AvgIpc) is 2.43. The summed E-state index contributed by atoms with van der Waals surface area (Å²) < 4.78 is 10.3. The largest absolute Gasteiger partial charge is 0.466 e. The minimum absolute atomic E-state index is 0.0252. The van der Waals surface area contributed by atoms with Gasteiger partial charge in [0.05, 0.1) is 12.7 Å². The zero-order valence-electron chi connectivity index (χ0n) is 13.4. The van der Waals surface area contributed by atoms with E-state index in [-0.39, 0.29) is 12.1 Å². The van der Waals surface area contributed by atoms with Gasteiger partial charge in [0.1, 0.15) is 15.3 Å². The van der Waals surface area contributed by atoms with Crippen LogP contribution in [0.3, 0.4) is 0 Å². The molecule has 0 fully saturated rings. The maximum absolute atomic E-state index is 10.6. The van der Waals surface area contributed by atoms with Crippen molar-refractivity contribution >= 4 is 39.7 Å². The van der Waals surface area contributed by atoms with Gasteiger partial charge >= 0.3 is 5.97 Å². The van der Waals surface area contributed by atoms with Crippen molar-refractivity contribution in [1.29, 1.82) is 0 Å². The highest BCUT2D eigenvalue weighted by atomic mass is 35.5. The smallest absolute Gasteiger partial charge is 0.302 e. The highest BCUT2D eigenvalue weighted by molar-refractivity contribution is 6.44. The van der Waals surface area contributed by atoms with Gasteiger partial charge in [-0.15, -0.1) is 23.2 Å². The molecule has 0 aliphatic heterocycles. The summed E-state index contributed by atoms with van der Waals surface area (Å²) in [5, 5.41) is 0. The van der Waals surface area contributed by atoms with Gasteiger partial charge in [-0.05, 0) is 12.8 Å².